The second-order valence-corrected chi connectivity index (χ2v) is 5.19. The monoisotopic (exact) mass is 289 g/mol. The Hall–Kier alpha value is -2.30. The molecule has 0 atom stereocenters. The van der Waals surface area contributed by atoms with Gasteiger partial charge in [0.2, 0.25) is 0 Å². The topological polar surface area (TPSA) is 72.6 Å². The van der Waals surface area contributed by atoms with Crippen LogP contribution in [-0.2, 0) is 6.42 Å². The lowest BCUT2D eigenvalue weighted by atomic mass is 10.0. The van der Waals surface area contributed by atoms with Crippen molar-refractivity contribution in [3.63, 3.8) is 0 Å². The third kappa shape index (κ3) is 3.42. The largest absolute Gasteiger partial charge is 0.494 e. The van der Waals surface area contributed by atoms with Crippen LogP contribution in [0, 0.1) is 5.92 Å². The minimum Gasteiger partial charge on any atom is -0.494 e. The Balaban J connectivity index is 2.38. The average molecular weight is 289 g/mol. The highest BCUT2D eigenvalue weighted by molar-refractivity contribution is 5.95. The van der Waals surface area contributed by atoms with Gasteiger partial charge >= 0.3 is 5.97 Å². The van der Waals surface area contributed by atoms with Crippen LogP contribution >= 0.6 is 0 Å². The lowest BCUT2D eigenvalue weighted by molar-refractivity contribution is 0.0695. The van der Waals surface area contributed by atoms with Crippen molar-refractivity contribution in [2.45, 2.75) is 27.2 Å². The van der Waals surface area contributed by atoms with Crippen molar-refractivity contribution in [1.82, 2.24) is 5.16 Å². The second kappa shape index (κ2) is 6.43. The van der Waals surface area contributed by atoms with Gasteiger partial charge in [0.05, 0.1) is 6.61 Å². The molecule has 5 nitrogen and oxygen atoms in total. The Morgan fingerprint density at radius 2 is 2.00 bits per heavy atom. The lowest BCUT2D eigenvalue weighted by Crippen LogP contribution is -2.04. The van der Waals surface area contributed by atoms with Crippen molar-refractivity contribution in [2.75, 3.05) is 6.61 Å². The Bertz CT molecular complexity index is 614. The van der Waals surface area contributed by atoms with Crippen molar-refractivity contribution in [1.29, 1.82) is 0 Å². The van der Waals surface area contributed by atoms with Crippen molar-refractivity contribution >= 4 is 5.97 Å². The molecule has 0 amide bonds. The number of nitrogens with zero attached hydrogens (tertiary/aromatic N) is 1. The van der Waals surface area contributed by atoms with Crippen LogP contribution in [0.2, 0.25) is 0 Å². The molecule has 1 aromatic heterocycles. The van der Waals surface area contributed by atoms with Gasteiger partial charge < -0.3 is 14.4 Å². The first-order valence-electron chi connectivity index (χ1n) is 6.98. The van der Waals surface area contributed by atoms with Gasteiger partial charge in [0, 0.05) is 12.0 Å². The van der Waals surface area contributed by atoms with Gasteiger partial charge in [0.1, 0.15) is 17.0 Å². The van der Waals surface area contributed by atoms with E-state index >= 15 is 0 Å². The predicted octanol–water partition coefficient (Wildman–Crippen LogP) is 3.64. The number of ether oxygens (including phenoxy) is 1. The smallest absolute Gasteiger partial charge is 0.341 e. The van der Waals surface area contributed by atoms with Crippen molar-refractivity contribution < 1.29 is 19.2 Å². The van der Waals surface area contributed by atoms with E-state index in [1.165, 1.54) is 0 Å². The fourth-order valence-electron chi connectivity index (χ4n) is 2.13. The van der Waals surface area contributed by atoms with Crippen LogP contribution < -0.4 is 4.74 Å². The molecular weight excluding hydrogens is 270 g/mol. The number of hydrogen-bond acceptors (Lipinski definition) is 4. The first-order valence-corrected chi connectivity index (χ1v) is 6.98. The molecule has 0 spiro atoms. The molecule has 1 aromatic carbocycles. The summed E-state index contributed by atoms with van der Waals surface area (Å²) in [7, 11) is 0. The number of rotatable bonds is 6. The summed E-state index contributed by atoms with van der Waals surface area (Å²) in [5.74, 6) is 0.436. The number of carboxylic acid groups (broad SMARTS) is 1. The molecule has 0 aliphatic heterocycles. The maximum Gasteiger partial charge on any atom is 0.341 e. The number of aromatic nitrogens is 1. The van der Waals surface area contributed by atoms with E-state index in [1.54, 1.807) is 24.3 Å². The summed E-state index contributed by atoms with van der Waals surface area (Å²) >= 11 is 0. The standard InChI is InChI=1S/C16H19NO4/c1-4-20-12-7-5-11(6-8-12)15-14(16(18)19)13(21-17-15)9-10(2)3/h5-8,10H,4,9H2,1-3H3,(H,18,19). The Morgan fingerprint density at radius 3 is 2.52 bits per heavy atom. The first-order chi connectivity index (χ1) is 10.0. The molecule has 0 bridgehead atoms. The first kappa shape index (κ1) is 15.1. The molecule has 2 rings (SSSR count). The van der Waals surface area contributed by atoms with E-state index in [-0.39, 0.29) is 5.56 Å². The zero-order valence-electron chi connectivity index (χ0n) is 12.4. The Morgan fingerprint density at radius 1 is 1.33 bits per heavy atom. The maximum atomic E-state index is 11.5. The quantitative estimate of drug-likeness (QED) is 0.879. The van der Waals surface area contributed by atoms with E-state index in [0.29, 0.717) is 36.0 Å². The summed E-state index contributed by atoms with van der Waals surface area (Å²) in [6.07, 6.45) is 0.547. The van der Waals surface area contributed by atoms with Crippen LogP contribution in [0.1, 0.15) is 36.9 Å². The van der Waals surface area contributed by atoms with Crippen LogP contribution in [0.15, 0.2) is 28.8 Å². The third-order valence-electron chi connectivity index (χ3n) is 3.01. The molecule has 0 aliphatic rings. The van der Waals surface area contributed by atoms with Gasteiger partial charge in [-0.3, -0.25) is 0 Å². The van der Waals surface area contributed by atoms with Crippen LogP contribution in [0.25, 0.3) is 11.3 Å². The van der Waals surface area contributed by atoms with E-state index in [9.17, 15) is 9.90 Å². The number of carbonyl (C=O) groups is 1. The number of benzene rings is 1. The molecule has 21 heavy (non-hydrogen) atoms. The molecule has 0 fully saturated rings. The molecular formula is C16H19NO4. The summed E-state index contributed by atoms with van der Waals surface area (Å²) in [5.41, 5.74) is 1.21. The third-order valence-corrected chi connectivity index (χ3v) is 3.01. The fraction of sp³-hybridized carbons (Fsp3) is 0.375. The highest BCUT2D eigenvalue weighted by atomic mass is 16.5. The zero-order chi connectivity index (χ0) is 15.4. The fourth-order valence-corrected chi connectivity index (χ4v) is 2.13. The maximum absolute atomic E-state index is 11.5. The zero-order valence-corrected chi connectivity index (χ0v) is 12.4. The van der Waals surface area contributed by atoms with E-state index in [4.69, 9.17) is 9.26 Å². The van der Waals surface area contributed by atoms with Crippen molar-refractivity contribution in [3.05, 3.63) is 35.6 Å². The van der Waals surface area contributed by atoms with E-state index in [1.807, 2.05) is 20.8 Å². The van der Waals surface area contributed by atoms with E-state index in [2.05, 4.69) is 5.16 Å². The van der Waals surface area contributed by atoms with Crippen LogP contribution in [0.5, 0.6) is 5.75 Å². The molecule has 112 valence electrons. The van der Waals surface area contributed by atoms with Crippen LogP contribution in [0.3, 0.4) is 0 Å². The normalized spacial score (nSPS) is 10.9. The summed E-state index contributed by atoms with van der Waals surface area (Å²) < 4.78 is 10.6. The predicted molar refractivity (Wildman–Crippen MR) is 78.6 cm³/mol. The van der Waals surface area contributed by atoms with E-state index < -0.39 is 5.97 Å². The lowest BCUT2D eigenvalue weighted by Gasteiger charge is -2.04. The summed E-state index contributed by atoms with van der Waals surface area (Å²) in [6, 6.07) is 7.16. The average Bonchev–Trinajstić information content (AvgIpc) is 2.83. The molecule has 0 saturated carbocycles. The van der Waals surface area contributed by atoms with Gasteiger partial charge in [-0.15, -0.1) is 0 Å². The Labute approximate surface area is 123 Å². The molecule has 0 aliphatic carbocycles. The highest BCUT2D eigenvalue weighted by Crippen LogP contribution is 2.28. The molecule has 5 heteroatoms. The number of carboxylic acids is 1. The molecule has 0 radical (unpaired) electrons. The van der Waals surface area contributed by atoms with Crippen molar-refractivity contribution in [3.8, 4) is 17.0 Å². The minimum absolute atomic E-state index is 0.146. The number of aromatic carboxylic acids is 1. The van der Waals surface area contributed by atoms with Gasteiger partial charge in [-0.1, -0.05) is 19.0 Å². The summed E-state index contributed by atoms with van der Waals surface area (Å²) in [4.78, 5) is 11.5. The second-order valence-electron chi connectivity index (χ2n) is 5.19. The summed E-state index contributed by atoms with van der Waals surface area (Å²) in [5, 5.41) is 13.4. The Kier molecular flexibility index (Phi) is 4.62. The molecule has 1 heterocycles. The highest BCUT2D eigenvalue weighted by Gasteiger charge is 2.23. The van der Waals surface area contributed by atoms with Gasteiger partial charge in [0.25, 0.3) is 0 Å². The van der Waals surface area contributed by atoms with Gasteiger partial charge in [-0.2, -0.15) is 0 Å². The summed E-state index contributed by atoms with van der Waals surface area (Å²) in [6.45, 7) is 6.50. The van der Waals surface area contributed by atoms with E-state index in [0.717, 1.165) is 5.75 Å². The molecule has 2 aromatic rings. The SMILES string of the molecule is CCOc1ccc(-c2noc(CC(C)C)c2C(=O)O)cc1. The number of hydrogen-bond donors (Lipinski definition) is 1. The minimum atomic E-state index is -1.02. The molecule has 1 N–H and O–H groups in total. The van der Waals surface area contributed by atoms with Crippen molar-refractivity contribution in [2.24, 2.45) is 5.92 Å². The van der Waals surface area contributed by atoms with Gasteiger partial charge in [-0.25, -0.2) is 4.79 Å². The molecule has 0 unspecified atom stereocenters. The molecule has 0 saturated heterocycles. The van der Waals surface area contributed by atoms with Gasteiger partial charge in [-0.05, 0) is 37.1 Å². The van der Waals surface area contributed by atoms with Crippen LogP contribution in [0.4, 0.5) is 0 Å². The van der Waals surface area contributed by atoms with Crippen LogP contribution in [-0.4, -0.2) is 22.8 Å². The van der Waals surface area contributed by atoms with Gasteiger partial charge in [0.15, 0.2) is 5.76 Å².